The number of ether oxygens (including phenoxy) is 2. The monoisotopic (exact) mass is 1650 g/mol. The minimum absolute atomic E-state index is 0.432. The molecule has 0 saturated carbocycles. The van der Waals surface area contributed by atoms with E-state index < -0.39 is 0 Å². The van der Waals surface area contributed by atoms with Crippen LogP contribution in [0.25, 0.3) is 97.0 Å². The molecular formula is C115H131N5O2S. The van der Waals surface area contributed by atoms with Crippen LogP contribution < -0.4 is 9.47 Å². The normalized spacial score (nSPS) is 12.3. The summed E-state index contributed by atoms with van der Waals surface area (Å²) < 4.78 is 12.4. The Morgan fingerprint density at radius 2 is 0.707 bits per heavy atom. The second-order valence-electron chi connectivity index (χ2n) is 35.7. The van der Waals surface area contributed by atoms with Gasteiger partial charge in [-0.25, -0.2) is 9.97 Å². The molecular weight excluding hydrogens is 1520 g/mol. The van der Waals surface area contributed by atoms with Crippen LogP contribution in [0.15, 0.2) is 249 Å². The Bertz CT molecular complexity index is 6140. The molecule has 0 saturated heterocycles. The second kappa shape index (κ2) is 42.3. The van der Waals surface area contributed by atoms with Gasteiger partial charge in [0.25, 0.3) is 0 Å². The number of para-hydroxylation sites is 4. The van der Waals surface area contributed by atoms with Crippen LogP contribution in [0.4, 0.5) is 0 Å². The fraction of sp³-hybridized carbons (Fsp3) is 0.330. The Morgan fingerprint density at radius 3 is 1.26 bits per heavy atom. The van der Waals surface area contributed by atoms with Gasteiger partial charge in [0.05, 0.1) is 53.0 Å². The molecule has 8 heteroatoms. The molecule has 0 bridgehead atoms. The van der Waals surface area contributed by atoms with Crippen molar-refractivity contribution in [2.24, 2.45) is 0 Å². The number of aromatic nitrogens is 5. The molecule has 0 aliphatic heterocycles. The van der Waals surface area contributed by atoms with Crippen LogP contribution in [0.3, 0.4) is 0 Å². The summed E-state index contributed by atoms with van der Waals surface area (Å²) in [6.07, 6.45) is 13.9. The van der Waals surface area contributed by atoms with Crippen molar-refractivity contribution in [1.82, 2.24) is 24.9 Å². The predicted octanol–water partition coefficient (Wildman–Crippen LogP) is 32.9. The number of aryl methyl sites for hydroxylation is 6. The van der Waals surface area contributed by atoms with Crippen LogP contribution in [-0.4, -0.2) is 39.1 Å². The molecule has 0 amide bonds. The van der Waals surface area contributed by atoms with Crippen LogP contribution in [0.2, 0.25) is 0 Å². The second-order valence-corrected chi connectivity index (χ2v) is 37.0. The van der Waals surface area contributed by atoms with Gasteiger partial charge >= 0.3 is 0 Å². The first kappa shape index (κ1) is 91.0. The van der Waals surface area contributed by atoms with E-state index in [1.54, 1.807) is 36.5 Å². The Morgan fingerprint density at radius 1 is 0.293 bits per heavy atom. The number of nitrogens with zero attached hydrogens (tertiary/aromatic N) is 5. The maximum atomic E-state index is 5.48. The van der Waals surface area contributed by atoms with Crippen molar-refractivity contribution in [3.05, 3.63) is 338 Å². The zero-order chi connectivity index (χ0) is 87.7. The van der Waals surface area contributed by atoms with Crippen LogP contribution in [0.1, 0.15) is 272 Å². The van der Waals surface area contributed by atoms with Gasteiger partial charge in [0.15, 0.2) is 0 Å². The van der Waals surface area contributed by atoms with E-state index in [9.17, 15) is 0 Å². The Kier molecular flexibility index (Phi) is 31.3. The molecule has 11 aromatic carbocycles. The van der Waals surface area contributed by atoms with E-state index in [0.717, 1.165) is 44.8 Å². The van der Waals surface area contributed by atoms with Crippen molar-refractivity contribution in [3.63, 3.8) is 0 Å². The van der Waals surface area contributed by atoms with Gasteiger partial charge in [0.1, 0.15) is 11.5 Å². The highest BCUT2D eigenvalue weighted by Crippen LogP contribution is 2.41. The molecule has 6 aromatic heterocycles. The van der Waals surface area contributed by atoms with Crippen LogP contribution in [-0.2, 0) is 25.7 Å². The van der Waals surface area contributed by atoms with E-state index in [4.69, 9.17) is 19.4 Å². The highest BCUT2D eigenvalue weighted by Gasteiger charge is 2.23. The van der Waals surface area contributed by atoms with Gasteiger partial charge in [-0.05, 0) is 275 Å². The van der Waals surface area contributed by atoms with Gasteiger partial charge in [0.2, 0.25) is 0 Å². The summed E-state index contributed by atoms with van der Waals surface area (Å²) in [6, 6.07) is 83.2. The van der Waals surface area contributed by atoms with E-state index in [1.807, 2.05) is 73.1 Å². The quantitative estimate of drug-likeness (QED) is 0.126. The third-order valence-corrected chi connectivity index (χ3v) is 25.3. The van der Waals surface area contributed by atoms with E-state index in [0.29, 0.717) is 47.3 Å². The summed E-state index contributed by atoms with van der Waals surface area (Å²) in [5.74, 6) is 6.37. The van der Waals surface area contributed by atoms with Crippen molar-refractivity contribution < 1.29 is 9.47 Å². The van der Waals surface area contributed by atoms with Gasteiger partial charge in [-0.15, -0.1) is 11.3 Å². The highest BCUT2D eigenvalue weighted by atomic mass is 32.1. The first-order valence-electron chi connectivity index (χ1n) is 45.2. The van der Waals surface area contributed by atoms with Gasteiger partial charge < -0.3 is 9.47 Å². The maximum Gasteiger partial charge on any atom is 0.144 e. The third kappa shape index (κ3) is 21.2. The SMILES string of the molecule is CC(C)c1c2c(nc3ccccc13)CCCC2.CC(C)c1c2ccccc2cc2ccccc12.CC(C)c1c2ccccc2nc2ccccc12.COc1c(C)nc2ccccc2c1C(C)C.COc1ccc2c(c1C(C)C)CCCC2.Cc1ccc2cccnc2c1C(C)C.Cc1ccc2ncccc2c1C(C)C.Cc1sc2ccccc2c1C(C)C. The highest BCUT2D eigenvalue weighted by molar-refractivity contribution is 7.19. The van der Waals surface area contributed by atoms with Crippen molar-refractivity contribution >= 4 is 108 Å². The smallest absolute Gasteiger partial charge is 0.144 e. The number of hydrogen-bond donors (Lipinski definition) is 0. The van der Waals surface area contributed by atoms with Gasteiger partial charge in [-0.1, -0.05) is 287 Å². The number of pyridine rings is 5. The molecule has 7 nitrogen and oxygen atoms in total. The number of thiophene rings is 1. The van der Waals surface area contributed by atoms with Crippen LogP contribution >= 0.6 is 11.3 Å². The minimum atomic E-state index is 0.432. The molecule has 17 aromatic rings. The van der Waals surface area contributed by atoms with E-state index in [-0.39, 0.29) is 0 Å². The Hall–Kier alpha value is -11.2. The first-order valence-corrected chi connectivity index (χ1v) is 46.0. The Labute approximate surface area is 738 Å². The molecule has 0 radical (unpaired) electrons. The average Bonchev–Trinajstić information content (AvgIpc) is 1.57. The van der Waals surface area contributed by atoms with Crippen molar-refractivity contribution in [3.8, 4) is 11.5 Å². The van der Waals surface area contributed by atoms with Crippen LogP contribution in [0.5, 0.6) is 11.5 Å². The van der Waals surface area contributed by atoms with Gasteiger partial charge in [0, 0.05) is 71.1 Å². The molecule has 0 fully saturated rings. The lowest BCUT2D eigenvalue weighted by Crippen LogP contribution is -2.10. The molecule has 634 valence electrons. The average molecular weight is 1650 g/mol. The topological polar surface area (TPSA) is 82.9 Å². The van der Waals surface area contributed by atoms with Crippen LogP contribution in [0, 0.1) is 27.7 Å². The van der Waals surface area contributed by atoms with Crippen molar-refractivity contribution in [1.29, 1.82) is 0 Å². The fourth-order valence-corrected chi connectivity index (χ4v) is 20.2. The summed E-state index contributed by atoms with van der Waals surface area (Å²) in [4.78, 5) is 24.4. The molecule has 19 rings (SSSR count). The fourth-order valence-electron chi connectivity index (χ4n) is 19.0. The van der Waals surface area contributed by atoms with Gasteiger partial charge in [-0.2, -0.15) is 0 Å². The molecule has 0 atom stereocenters. The molecule has 6 heterocycles. The summed E-state index contributed by atoms with van der Waals surface area (Å²) in [6.45, 7) is 44.5. The first-order chi connectivity index (χ1) is 59.3. The third-order valence-electron chi connectivity index (χ3n) is 24.2. The zero-order valence-corrected chi connectivity index (χ0v) is 78.2. The lowest BCUT2D eigenvalue weighted by atomic mass is 9.84. The Balaban J connectivity index is 0.000000129. The molecule has 0 spiro atoms. The standard InChI is InChI=1S/C17H16.C16H19N.C16H15N.C14H17NO.C14H20O.2C13H15N.C12H14S/c1-12(2)17-15-9-5-3-7-13(15)11-14-8-4-6-10-16(14)17;2*1-11(2)16-12-7-3-5-9-14(12)17-15-10-6-4-8-13(15)16;1-9(2)13-11-7-5-6-8-12(11)15-10(3)14(13)16-4;1-10(2)14-12-7-5-4-6-11(12)8-9-13(14)15-3;1-9(2)13-10(3)6-7-12-11(13)5-4-8-14-12;1-9(2)12-10(3)6-7-11-5-4-8-14-13(11)12;1-8(2)12-9(3)13-11-7-5-4-6-10(11)12/h3-12H,1-2H3;3,5,7,9,11H,4,6,8,10H2,1-2H3;3-11H,1-2H3;5-9H,1-4H3;8-10H,4-7H2,1-3H3;2*4-9H,1-3H3;4-8H,1-3H3. The predicted molar refractivity (Wildman–Crippen MR) is 534 cm³/mol. The van der Waals surface area contributed by atoms with Crippen molar-refractivity contribution in [2.45, 2.75) is 237 Å². The van der Waals surface area contributed by atoms with Gasteiger partial charge in [-0.3, -0.25) is 15.0 Å². The summed E-state index contributed by atoms with van der Waals surface area (Å²) in [5, 5.41) is 14.6. The van der Waals surface area contributed by atoms with Crippen molar-refractivity contribution in [2.75, 3.05) is 14.2 Å². The molecule has 2 aliphatic rings. The number of rotatable bonds is 10. The molecule has 0 N–H and O–H groups in total. The van der Waals surface area contributed by atoms with E-state index in [2.05, 4.69) is 341 Å². The van der Waals surface area contributed by atoms with E-state index >= 15 is 0 Å². The molecule has 0 unspecified atom stereocenters. The largest absolute Gasteiger partial charge is 0.496 e. The molecule has 123 heavy (non-hydrogen) atoms. The number of benzene rings is 11. The maximum absolute atomic E-state index is 5.48. The molecule has 2 aliphatic carbocycles. The number of hydrogen-bond acceptors (Lipinski definition) is 8. The number of fused-ring (bicyclic) bond motifs is 11. The zero-order valence-electron chi connectivity index (χ0n) is 77.4. The summed E-state index contributed by atoms with van der Waals surface area (Å²) in [7, 11) is 3.49. The van der Waals surface area contributed by atoms with E-state index in [1.165, 1.54) is 181 Å². The number of methoxy groups -OCH3 is 2. The summed E-state index contributed by atoms with van der Waals surface area (Å²) >= 11 is 1.91. The minimum Gasteiger partial charge on any atom is -0.496 e. The summed E-state index contributed by atoms with van der Waals surface area (Å²) in [5.41, 5.74) is 27.8. The lowest BCUT2D eigenvalue weighted by molar-refractivity contribution is 0.403. The lowest BCUT2D eigenvalue weighted by Gasteiger charge is -2.23.